The predicted octanol–water partition coefficient (Wildman–Crippen LogP) is 6.17. The molecular formula is C23H18O. The maximum absolute atomic E-state index is 5.21. The van der Waals surface area contributed by atoms with Crippen molar-refractivity contribution in [1.82, 2.24) is 0 Å². The van der Waals surface area contributed by atoms with Crippen LogP contribution in [0.25, 0.3) is 33.7 Å². The van der Waals surface area contributed by atoms with Crippen LogP contribution in [0.4, 0.5) is 0 Å². The van der Waals surface area contributed by atoms with Crippen molar-refractivity contribution in [3.05, 3.63) is 90.0 Å². The summed E-state index contributed by atoms with van der Waals surface area (Å²) in [6.45, 7) is 0. The molecule has 0 aliphatic carbocycles. The third kappa shape index (κ3) is 2.65. The van der Waals surface area contributed by atoms with E-state index < -0.39 is 0 Å². The number of hydrogen-bond donors (Lipinski definition) is 0. The molecule has 116 valence electrons. The average Bonchev–Trinajstić information content (AvgIpc) is 2.66. The molecule has 0 N–H and O–H groups in total. The van der Waals surface area contributed by atoms with Gasteiger partial charge in [0.15, 0.2) is 0 Å². The van der Waals surface area contributed by atoms with Gasteiger partial charge in [-0.1, -0.05) is 72.8 Å². The third-order valence-corrected chi connectivity index (χ3v) is 4.37. The molecule has 0 spiro atoms. The van der Waals surface area contributed by atoms with E-state index >= 15 is 0 Å². The Morgan fingerprint density at radius 3 is 2.08 bits per heavy atom. The molecule has 4 aromatic carbocycles. The van der Waals surface area contributed by atoms with Crippen LogP contribution >= 0.6 is 0 Å². The first-order valence-electron chi connectivity index (χ1n) is 8.08. The highest BCUT2D eigenvalue weighted by atomic mass is 16.5. The van der Waals surface area contributed by atoms with Crippen molar-refractivity contribution in [2.75, 3.05) is 7.11 Å². The molecule has 24 heavy (non-hydrogen) atoms. The SMILES string of the molecule is COc1ccc(/C=C/c2cc3ccccc3c3ccccc23)cc1. The quantitative estimate of drug-likeness (QED) is 0.325. The molecule has 0 bridgehead atoms. The van der Waals surface area contributed by atoms with Crippen molar-refractivity contribution < 1.29 is 4.74 Å². The lowest BCUT2D eigenvalue weighted by Crippen LogP contribution is -1.83. The minimum absolute atomic E-state index is 0.878. The van der Waals surface area contributed by atoms with E-state index in [-0.39, 0.29) is 0 Å². The fourth-order valence-electron chi connectivity index (χ4n) is 3.12. The highest BCUT2D eigenvalue weighted by Crippen LogP contribution is 2.29. The minimum Gasteiger partial charge on any atom is -0.497 e. The lowest BCUT2D eigenvalue weighted by atomic mass is 9.97. The Morgan fingerprint density at radius 1 is 0.667 bits per heavy atom. The van der Waals surface area contributed by atoms with Gasteiger partial charge in [-0.25, -0.2) is 0 Å². The molecule has 0 unspecified atom stereocenters. The molecule has 0 atom stereocenters. The normalized spacial score (nSPS) is 11.4. The largest absolute Gasteiger partial charge is 0.497 e. The molecule has 0 aromatic heterocycles. The number of rotatable bonds is 3. The second kappa shape index (κ2) is 6.21. The van der Waals surface area contributed by atoms with Gasteiger partial charge in [-0.2, -0.15) is 0 Å². The predicted molar refractivity (Wildman–Crippen MR) is 103 cm³/mol. The highest BCUT2D eigenvalue weighted by molar-refractivity contribution is 6.11. The monoisotopic (exact) mass is 310 g/mol. The summed E-state index contributed by atoms with van der Waals surface area (Å²) in [5.41, 5.74) is 2.40. The van der Waals surface area contributed by atoms with E-state index in [1.54, 1.807) is 7.11 Å². The molecule has 1 nitrogen and oxygen atoms in total. The fraction of sp³-hybridized carbons (Fsp3) is 0.0435. The molecule has 0 heterocycles. The molecule has 0 fully saturated rings. The van der Waals surface area contributed by atoms with Gasteiger partial charge in [0, 0.05) is 0 Å². The Labute approximate surface area is 141 Å². The van der Waals surface area contributed by atoms with Gasteiger partial charge in [-0.15, -0.1) is 0 Å². The van der Waals surface area contributed by atoms with Crippen LogP contribution in [0.1, 0.15) is 11.1 Å². The smallest absolute Gasteiger partial charge is 0.118 e. The standard InChI is InChI=1S/C23H18O/c1-24-20-14-11-17(12-15-20)10-13-19-16-18-6-2-3-7-21(18)23-9-5-4-8-22(19)23/h2-16H,1H3/b13-10+. The van der Waals surface area contributed by atoms with E-state index in [0.29, 0.717) is 0 Å². The van der Waals surface area contributed by atoms with Gasteiger partial charge in [0.1, 0.15) is 5.75 Å². The maximum Gasteiger partial charge on any atom is 0.118 e. The van der Waals surface area contributed by atoms with E-state index in [4.69, 9.17) is 4.74 Å². The van der Waals surface area contributed by atoms with Crippen molar-refractivity contribution >= 4 is 33.7 Å². The zero-order valence-corrected chi connectivity index (χ0v) is 13.6. The first-order valence-corrected chi connectivity index (χ1v) is 8.08. The first-order chi connectivity index (χ1) is 11.8. The van der Waals surface area contributed by atoms with Gasteiger partial charge in [-0.05, 0) is 50.9 Å². The van der Waals surface area contributed by atoms with E-state index in [1.165, 1.54) is 27.1 Å². The molecule has 1 heteroatoms. The van der Waals surface area contributed by atoms with Gasteiger partial charge in [0.25, 0.3) is 0 Å². The van der Waals surface area contributed by atoms with Crippen LogP contribution in [0.15, 0.2) is 78.9 Å². The number of hydrogen-bond acceptors (Lipinski definition) is 1. The number of fused-ring (bicyclic) bond motifs is 3. The molecule has 4 rings (SSSR count). The summed E-state index contributed by atoms with van der Waals surface area (Å²) in [4.78, 5) is 0. The number of benzene rings is 4. The van der Waals surface area contributed by atoms with Crippen molar-refractivity contribution in [2.24, 2.45) is 0 Å². The topological polar surface area (TPSA) is 9.23 Å². The van der Waals surface area contributed by atoms with E-state index in [2.05, 4.69) is 78.9 Å². The molecule has 0 radical (unpaired) electrons. The van der Waals surface area contributed by atoms with Crippen LogP contribution in [0.3, 0.4) is 0 Å². The molecular weight excluding hydrogens is 292 g/mol. The highest BCUT2D eigenvalue weighted by Gasteiger charge is 2.03. The minimum atomic E-state index is 0.878. The zero-order chi connectivity index (χ0) is 16.4. The number of methoxy groups -OCH3 is 1. The average molecular weight is 310 g/mol. The van der Waals surface area contributed by atoms with Crippen LogP contribution in [0, 0.1) is 0 Å². The zero-order valence-electron chi connectivity index (χ0n) is 13.6. The Bertz CT molecular complexity index is 1030. The van der Waals surface area contributed by atoms with Crippen LogP contribution in [0.5, 0.6) is 5.75 Å². The number of ether oxygens (including phenoxy) is 1. The van der Waals surface area contributed by atoms with Crippen molar-refractivity contribution in [1.29, 1.82) is 0 Å². The summed E-state index contributed by atoms with van der Waals surface area (Å²) in [5, 5.41) is 5.14. The van der Waals surface area contributed by atoms with Crippen molar-refractivity contribution in [3.8, 4) is 5.75 Å². The first kappa shape index (κ1) is 14.5. The Kier molecular flexibility index (Phi) is 3.76. The summed E-state index contributed by atoms with van der Waals surface area (Å²) in [7, 11) is 1.69. The van der Waals surface area contributed by atoms with E-state index in [9.17, 15) is 0 Å². The summed E-state index contributed by atoms with van der Waals surface area (Å²) in [6, 6.07) is 27.5. The summed E-state index contributed by atoms with van der Waals surface area (Å²) >= 11 is 0. The van der Waals surface area contributed by atoms with Crippen LogP contribution in [-0.2, 0) is 0 Å². The summed E-state index contributed by atoms with van der Waals surface area (Å²) in [6.07, 6.45) is 4.34. The van der Waals surface area contributed by atoms with E-state index in [0.717, 1.165) is 11.3 Å². The van der Waals surface area contributed by atoms with E-state index in [1.807, 2.05) is 12.1 Å². The molecule has 0 amide bonds. The molecule has 4 aromatic rings. The van der Waals surface area contributed by atoms with Crippen molar-refractivity contribution in [2.45, 2.75) is 0 Å². The van der Waals surface area contributed by atoms with Gasteiger partial charge in [0.2, 0.25) is 0 Å². The van der Waals surface area contributed by atoms with Gasteiger partial charge in [-0.3, -0.25) is 0 Å². The summed E-state index contributed by atoms with van der Waals surface area (Å²) < 4.78 is 5.21. The molecule has 0 saturated carbocycles. The van der Waals surface area contributed by atoms with Crippen LogP contribution in [-0.4, -0.2) is 7.11 Å². The third-order valence-electron chi connectivity index (χ3n) is 4.37. The van der Waals surface area contributed by atoms with Crippen LogP contribution in [0.2, 0.25) is 0 Å². The Hall–Kier alpha value is -3.06. The maximum atomic E-state index is 5.21. The molecule has 0 saturated heterocycles. The second-order valence-electron chi connectivity index (χ2n) is 5.84. The van der Waals surface area contributed by atoms with Crippen LogP contribution < -0.4 is 4.74 Å². The second-order valence-corrected chi connectivity index (χ2v) is 5.84. The Balaban J connectivity index is 1.83. The van der Waals surface area contributed by atoms with Gasteiger partial charge in [0.05, 0.1) is 7.11 Å². The van der Waals surface area contributed by atoms with Crippen molar-refractivity contribution in [3.63, 3.8) is 0 Å². The Morgan fingerprint density at radius 2 is 1.33 bits per heavy atom. The fourth-order valence-corrected chi connectivity index (χ4v) is 3.12. The van der Waals surface area contributed by atoms with Gasteiger partial charge < -0.3 is 4.74 Å². The molecule has 0 aliphatic rings. The lowest BCUT2D eigenvalue weighted by Gasteiger charge is -2.08. The summed E-state index contributed by atoms with van der Waals surface area (Å²) in [5.74, 6) is 0.878. The van der Waals surface area contributed by atoms with Gasteiger partial charge >= 0.3 is 0 Å². The molecule has 0 aliphatic heterocycles. The lowest BCUT2D eigenvalue weighted by molar-refractivity contribution is 0.415.